The Balaban J connectivity index is 1.52. The number of amides is 2. The Morgan fingerprint density at radius 2 is 1.86 bits per heavy atom. The number of pyridine rings is 2. The maximum Gasteiger partial charge on any atom is 0.254 e. The van der Waals surface area contributed by atoms with E-state index in [0.29, 0.717) is 23.4 Å². The molecule has 1 atom stereocenters. The van der Waals surface area contributed by atoms with Crippen molar-refractivity contribution in [3.05, 3.63) is 89.8 Å². The van der Waals surface area contributed by atoms with Gasteiger partial charge in [0.15, 0.2) is 0 Å². The third-order valence-corrected chi connectivity index (χ3v) is 6.39. The van der Waals surface area contributed by atoms with Gasteiger partial charge in [0.05, 0.1) is 17.2 Å². The summed E-state index contributed by atoms with van der Waals surface area (Å²) in [5.41, 5.74) is 4.87. The summed E-state index contributed by atoms with van der Waals surface area (Å²) >= 11 is 0. The molecule has 182 valence electrons. The largest absolute Gasteiger partial charge is 0.357 e. The molecule has 0 fully saturated rings. The van der Waals surface area contributed by atoms with E-state index in [9.17, 15) is 14.0 Å². The van der Waals surface area contributed by atoms with Crippen molar-refractivity contribution in [2.75, 3.05) is 5.32 Å². The molecule has 5 rings (SSSR count). The van der Waals surface area contributed by atoms with Crippen molar-refractivity contribution < 1.29 is 14.0 Å². The van der Waals surface area contributed by atoms with Crippen molar-refractivity contribution >= 4 is 17.6 Å². The van der Waals surface area contributed by atoms with Crippen LogP contribution in [0, 0.1) is 5.82 Å². The van der Waals surface area contributed by atoms with Crippen LogP contribution in [-0.2, 0) is 11.2 Å². The summed E-state index contributed by atoms with van der Waals surface area (Å²) in [6, 6.07) is 13.2. The normalized spacial score (nSPS) is 15.1. The standard InChI is InChI=1S/C28H26FN5O2/c1-16(17-6-8-20(29)9-7-17)26(35)33-22-13-18(10-12-31-22)25-23(19-5-4-11-30-15-19)24-21(32-25)14-28(2,3)34-27(24)36/h4-13,15-16,32H,14H2,1-3H3,(H,34,36)(H,31,33,35)/t16-/m1/s1. The number of carbonyl (C=O) groups excluding carboxylic acids is 2. The minimum atomic E-state index is -0.495. The molecule has 3 N–H and O–H groups in total. The van der Waals surface area contributed by atoms with Gasteiger partial charge in [-0.3, -0.25) is 14.6 Å². The first-order valence-electron chi connectivity index (χ1n) is 11.7. The van der Waals surface area contributed by atoms with Crippen LogP contribution in [0.2, 0.25) is 0 Å². The second kappa shape index (κ2) is 9.03. The van der Waals surface area contributed by atoms with Gasteiger partial charge >= 0.3 is 0 Å². The van der Waals surface area contributed by atoms with Crippen LogP contribution in [0.3, 0.4) is 0 Å². The molecule has 8 heteroatoms. The maximum atomic E-state index is 13.3. The second-order valence-corrected chi connectivity index (χ2v) is 9.68. The number of fused-ring (bicyclic) bond motifs is 1. The Morgan fingerprint density at radius 3 is 2.58 bits per heavy atom. The summed E-state index contributed by atoms with van der Waals surface area (Å²) < 4.78 is 13.3. The number of nitrogens with zero attached hydrogens (tertiary/aromatic N) is 2. The third kappa shape index (κ3) is 4.49. The Hall–Kier alpha value is -4.33. The van der Waals surface area contributed by atoms with Crippen molar-refractivity contribution in [2.24, 2.45) is 0 Å². The fraction of sp³-hybridized carbons (Fsp3) is 0.214. The van der Waals surface area contributed by atoms with E-state index in [0.717, 1.165) is 28.1 Å². The molecule has 3 aromatic heterocycles. The Labute approximate surface area is 208 Å². The zero-order chi connectivity index (χ0) is 25.4. The maximum absolute atomic E-state index is 13.3. The van der Waals surface area contributed by atoms with Crippen LogP contribution in [0.1, 0.15) is 48.3 Å². The van der Waals surface area contributed by atoms with Gasteiger partial charge in [-0.1, -0.05) is 18.2 Å². The van der Waals surface area contributed by atoms with E-state index in [2.05, 4.69) is 25.6 Å². The van der Waals surface area contributed by atoms with E-state index in [1.165, 1.54) is 12.1 Å². The number of H-pyrrole nitrogens is 1. The lowest BCUT2D eigenvalue weighted by Crippen LogP contribution is -2.49. The lowest BCUT2D eigenvalue weighted by atomic mass is 9.88. The van der Waals surface area contributed by atoms with Gasteiger partial charge in [-0.25, -0.2) is 9.37 Å². The zero-order valence-corrected chi connectivity index (χ0v) is 20.2. The van der Waals surface area contributed by atoms with Crippen molar-refractivity contribution in [2.45, 2.75) is 38.6 Å². The SMILES string of the molecule is C[C@@H](C(=O)Nc1cc(-c2[nH]c3c(c2-c2cccnc2)C(=O)NC(C)(C)C3)ccn1)c1ccc(F)cc1. The first kappa shape index (κ1) is 23.4. The average molecular weight is 484 g/mol. The van der Waals surface area contributed by atoms with Crippen LogP contribution >= 0.6 is 0 Å². The van der Waals surface area contributed by atoms with E-state index < -0.39 is 5.92 Å². The average Bonchev–Trinajstić information content (AvgIpc) is 3.23. The number of hydrogen-bond acceptors (Lipinski definition) is 4. The zero-order valence-electron chi connectivity index (χ0n) is 20.2. The summed E-state index contributed by atoms with van der Waals surface area (Å²) in [5, 5.41) is 5.94. The quantitative estimate of drug-likeness (QED) is 0.368. The fourth-order valence-corrected chi connectivity index (χ4v) is 4.60. The molecule has 1 aliphatic heterocycles. The van der Waals surface area contributed by atoms with Crippen LogP contribution < -0.4 is 10.6 Å². The summed E-state index contributed by atoms with van der Waals surface area (Å²) in [6.07, 6.45) is 5.68. The predicted octanol–water partition coefficient (Wildman–Crippen LogP) is 5.08. The number of carbonyl (C=O) groups is 2. The molecule has 1 aromatic carbocycles. The van der Waals surface area contributed by atoms with Gasteiger partial charge in [0.2, 0.25) is 5.91 Å². The van der Waals surface area contributed by atoms with Gasteiger partial charge in [0.1, 0.15) is 11.6 Å². The molecule has 0 radical (unpaired) electrons. The monoisotopic (exact) mass is 483 g/mol. The number of aromatic amines is 1. The summed E-state index contributed by atoms with van der Waals surface area (Å²) in [7, 11) is 0. The lowest BCUT2D eigenvalue weighted by molar-refractivity contribution is -0.117. The third-order valence-electron chi connectivity index (χ3n) is 6.39. The Morgan fingerprint density at radius 1 is 1.08 bits per heavy atom. The molecule has 4 heterocycles. The Kier molecular flexibility index (Phi) is 5.88. The molecule has 1 aliphatic rings. The van der Waals surface area contributed by atoms with E-state index >= 15 is 0 Å². The number of hydrogen-bond donors (Lipinski definition) is 3. The van der Waals surface area contributed by atoms with Crippen LogP contribution in [0.25, 0.3) is 22.4 Å². The lowest BCUT2D eigenvalue weighted by Gasteiger charge is -2.30. The second-order valence-electron chi connectivity index (χ2n) is 9.68. The molecule has 0 saturated carbocycles. The van der Waals surface area contributed by atoms with Gasteiger partial charge in [0, 0.05) is 52.9 Å². The summed E-state index contributed by atoms with van der Waals surface area (Å²) in [6.45, 7) is 5.73. The molecular weight excluding hydrogens is 457 g/mol. The van der Waals surface area contributed by atoms with E-state index in [1.54, 1.807) is 43.7 Å². The smallest absolute Gasteiger partial charge is 0.254 e. The van der Waals surface area contributed by atoms with E-state index in [1.807, 2.05) is 32.0 Å². The number of halogens is 1. The first-order valence-corrected chi connectivity index (χ1v) is 11.7. The molecule has 0 unspecified atom stereocenters. The van der Waals surface area contributed by atoms with Crippen LogP contribution in [0.4, 0.5) is 10.2 Å². The van der Waals surface area contributed by atoms with Crippen molar-refractivity contribution in [3.8, 4) is 22.4 Å². The molecule has 0 bridgehead atoms. The minimum absolute atomic E-state index is 0.140. The molecule has 0 aliphatic carbocycles. The molecule has 0 saturated heterocycles. The molecule has 2 amide bonds. The van der Waals surface area contributed by atoms with Gasteiger partial charge in [-0.2, -0.15) is 0 Å². The van der Waals surface area contributed by atoms with Crippen molar-refractivity contribution in [3.63, 3.8) is 0 Å². The Bertz CT molecular complexity index is 1440. The predicted molar refractivity (Wildman–Crippen MR) is 136 cm³/mol. The van der Waals surface area contributed by atoms with Gasteiger partial charge in [0.25, 0.3) is 5.91 Å². The number of rotatable bonds is 5. The van der Waals surface area contributed by atoms with Gasteiger partial charge in [-0.05, 0) is 56.7 Å². The molecule has 4 aromatic rings. The number of anilines is 1. The van der Waals surface area contributed by atoms with E-state index in [4.69, 9.17) is 0 Å². The molecule has 36 heavy (non-hydrogen) atoms. The van der Waals surface area contributed by atoms with Gasteiger partial charge in [-0.15, -0.1) is 0 Å². The van der Waals surface area contributed by atoms with Gasteiger partial charge < -0.3 is 15.6 Å². The summed E-state index contributed by atoms with van der Waals surface area (Å²) in [5.74, 6) is -0.869. The highest BCUT2D eigenvalue weighted by atomic mass is 19.1. The molecule has 7 nitrogen and oxygen atoms in total. The molecular formula is C28H26FN5O2. The highest BCUT2D eigenvalue weighted by Crippen LogP contribution is 2.39. The summed E-state index contributed by atoms with van der Waals surface area (Å²) in [4.78, 5) is 38.1. The minimum Gasteiger partial charge on any atom is -0.357 e. The van der Waals surface area contributed by atoms with Crippen molar-refractivity contribution in [1.82, 2.24) is 20.3 Å². The van der Waals surface area contributed by atoms with Crippen molar-refractivity contribution in [1.29, 1.82) is 0 Å². The number of aromatic nitrogens is 3. The first-order chi connectivity index (χ1) is 17.2. The van der Waals surface area contributed by atoms with Crippen LogP contribution in [0.15, 0.2) is 67.1 Å². The van der Waals surface area contributed by atoms with E-state index in [-0.39, 0.29) is 23.2 Å². The molecule has 0 spiro atoms. The highest BCUT2D eigenvalue weighted by molar-refractivity contribution is 6.07. The highest BCUT2D eigenvalue weighted by Gasteiger charge is 2.35. The number of benzene rings is 1. The van der Waals surface area contributed by atoms with Crippen LogP contribution in [-0.4, -0.2) is 32.3 Å². The number of nitrogens with one attached hydrogen (secondary N) is 3. The fourth-order valence-electron chi connectivity index (χ4n) is 4.60. The topological polar surface area (TPSA) is 99.8 Å². The van der Waals surface area contributed by atoms with Crippen LogP contribution in [0.5, 0.6) is 0 Å².